The summed E-state index contributed by atoms with van der Waals surface area (Å²) in [5, 5.41) is 3.25. The minimum atomic E-state index is -0.562. The second kappa shape index (κ2) is 11.2. The first kappa shape index (κ1) is 20.6. The van der Waals surface area contributed by atoms with Crippen LogP contribution in [0.5, 0.6) is 0 Å². The zero-order chi connectivity index (χ0) is 17.9. The Morgan fingerprint density at radius 3 is 2.38 bits per heavy atom. The number of carbonyl (C=O) groups is 1. The van der Waals surface area contributed by atoms with E-state index in [0.717, 1.165) is 31.6 Å². The molecule has 1 atom stereocenters. The summed E-state index contributed by atoms with van der Waals surface area (Å²) >= 11 is 0. The molecule has 1 aromatic carbocycles. The summed E-state index contributed by atoms with van der Waals surface area (Å²) in [4.78, 5) is 14.7. The van der Waals surface area contributed by atoms with E-state index in [4.69, 9.17) is 4.74 Å². The third-order valence-electron chi connectivity index (χ3n) is 4.05. The fraction of sp³-hybridized carbons (Fsp3) is 0.632. The van der Waals surface area contributed by atoms with Crippen molar-refractivity contribution in [2.45, 2.75) is 40.2 Å². The van der Waals surface area contributed by atoms with Crippen molar-refractivity contribution in [2.24, 2.45) is 5.92 Å². The normalized spacial score (nSPS) is 12.6. The van der Waals surface area contributed by atoms with Crippen LogP contribution < -0.4 is 5.32 Å². The molecule has 0 aromatic heterocycles. The molecule has 1 N–H and O–H groups in total. The number of hydrogen-bond acceptors (Lipinski definition) is 4. The summed E-state index contributed by atoms with van der Waals surface area (Å²) in [5.41, 5.74) is 0.727. The molecule has 136 valence electrons. The molecule has 1 rings (SSSR count). The minimum absolute atomic E-state index is 0.304. The maximum Gasteiger partial charge on any atom is 0.327 e. The Labute approximate surface area is 145 Å². The van der Waals surface area contributed by atoms with Crippen molar-refractivity contribution in [3.8, 4) is 0 Å². The van der Waals surface area contributed by atoms with Gasteiger partial charge in [-0.15, -0.1) is 0 Å². The van der Waals surface area contributed by atoms with Gasteiger partial charge in [-0.2, -0.15) is 0 Å². The average Bonchev–Trinajstić information content (AvgIpc) is 2.56. The van der Waals surface area contributed by atoms with Gasteiger partial charge in [0, 0.05) is 13.1 Å². The molecule has 0 saturated heterocycles. The molecule has 1 aromatic rings. The van der Waals surface area contributed by atoms with Crippen molar-refractivity contribution < 1.29 is 13.9 Å². The predicted molar refractivity (Wildman–Crippen MR) is 95.3 cm³/mol. The van der Waals surface area contributed by atoms with Crippen molar-refractivity contribution in [1.82, 2.24) is 10.2 Å². The first-order valence-electron chi connectivity index (χ1n) is 8.85. The molecule has 0 saturated carbocycles. The smallest absolute Gasteiger partial charge is 0.327 e. The number of rotatable bonds is 11. The molecule has 0 aliphatic carbocycles. The summed E-state index contributed by atoms with van der Waals surface area (Å²) in [7, 11) is 0. The highest BCUT2D eigenvalue weighted by Gasteiger charge is 2.22. The van der Waals surface area contributed by atoms with E-state index in [1.165, 1.54) is 12.1 Å². The SMILES string of the molecule is CCN(CC)CCNC(C(=O)OCCC(C)C)c1ccc(F)cc1. The number of esters is 1. The highest BCUT2D eigenvalue weighted by Crippen LogP contribution is 2.16. The highest BCUT2D eigenvalue weighted by atomic mass is 19.1. The molecular weight excluding hydrogens is 307 g/mol. The molecule has 4 nitrogen and oxygen atoms in total. The van der Waals surface area contributed by atoms with Crippen LogP contribution in [0.3, 0.4) is 0 Å². The van der Waals surface area contributed by atoms with Crippen LogP contribution in [0.4, 0.5) is 4.39 Å². The van der Waals surface area contributed by atoms with Gasteiger partial charge in [-0.25, -0.2) is 9.18 Å². The lowest BCUT2D eigenvalue weighted by atomic mass is 10.1. The molecule has 24 heavy (non-hydrogen) atoms. The Balaban J connectivity index is 2.68. The van der Waals surface area contributed by atoms with E-state index in [0.29, 0.717) is 19.1 Å². The molecule has 0 spiro atoms. The van der Waals surface area contributed by atoms with E-state index >= 15 is 0 Å². The van der Waals surface area contributed by atoms with Crippen molar-refractivity contribution >= 4 is 5.97 Å². The van der Waals surface area contributed by atoms with Gasteiger partial charge in [0.2, 0.25) is 0 Å². The van der Waals surface area contributed by atoms with Crippen molar-refractivity contribution in [2.75, 3.05) is 32.8 Å². The monoisotopic (exact) mass is 338 g/mol. The van der Waals surface area contributed by atoms with E-state index in [-0.39, 0.29) is 11.8 Å². The number of nitrogens with zero attached hydrogens (tertiary/aromatic N) is 1. The maximum absolute atomic E-state index is 13.1. The number of benzene rings is 1. The fourth-order valence-electron chi connectivity index (χ4n) is 2.38. The lowest BCUT2D eigenvalue weighted by molar-refractivity contribution is -0.146. The highest BCUT2D eigenvalue weighted by molar-refractivity contribution is 5.77. The van der Waals surface area contributed by atoms with Gasteiger partial charge in [-0.05, 0) is 43.1 Å². The van der Waals surface area contributed by atoms with E-state index in [1.54, 1.807) is 12.1 Å². The Kier molecular flexibility index (Phi) is 9.57. The Bertz CT molecular complexity index is 473. The molecular formula is C19H31FN2O2. The minimum Gasteiger partial charge on any atom is -0.464 e. The molecule has 0 heterocycles. The van der Waals surface area contributed by atoms with Crippen molar-refractivity contribution in [3.05, 3.63) is 35.6 Å². The molecule has 0 radical (unpaired) electrons. The van der Waals surface area contributed by atoms with Crippen LogP contribution >= 0.6 is 0 Å². The Morgan fingerprint density at radius 2 is 1.83 bits per heavy atom. The average molecular weight is 338 g/mol. The number of hydrogen-bond donors (Lipinski definition) is 1. The van der Waals surface area contributed by atoms with E-state index in [2.05, 4.69) is 37.9 Å². The third kappa shape index (κ3) is 7.41. The summed E-state index contributed by atoms with van der Waals surface area (Å²) < 4.78 is 18.5. The second-order valence-electron chi connectivity index (χ2n) is 6.32. The van der Waals surface area contributed by atoms with Crippen LogP contribution in [0, 0.1) is 11.7 Å². The van der Waals surface area contributed by atoms with Gasteiger partial charge in [-0.3, -0.25) is 5.32 Å². The summed E-state index contributed by atoms with van der Waals surface area (Å²) in [5.74, 6) is -0.131. The van der Waals surface area contributed by atoms with Gasteiger partial charge in [0.1, 0.15) is 11.9 Å². The molecule has 0 aliphatic heterocycles. The van der Waals surface area contributed by atoms with Crippen molar-refractivity contribution in [3.63, 3.8) is 0 Å². The standard InChI is InChI=1S/C19H31FN2O2/c1-5-22(6-2)13-12-21-18(16-7-9-17(20)10-8-16)19(23)24-14-11-15(3)4/h7-10,15,18,21H,5-6,11-14H2,1-4H3. The van der Waals surface area contributed by atoms with E-state index in [9.17, 15) is 9.18 Å². The third-order valence-corrected chi connectivity index (χ3v) is 4.05. The first-order chi connectivity index (χ1) is 11.5. The number of nitrogens with one attached hydrogen (secondary N) is 1. The lowest BCUT2D eigenvalue weighted by Crippen LogP contribution is -2.37. The van der Waals surface area contributed by atoms with Gasteiger partial charge in [0.25, 0.3) is 0 Å². The maximum atomic E-state index is 13.1. The van der Waals surface area contributed by atoms with Gasteiger partial charge in [0.15, 0.2) is 0 Å². The predicted octanol–water partition coefficient (Wildman–Crippen LogP) is 3.39. The van der Waals surface area contributed by atoms with Gasteiger partial charge in [-0.1, -0.05) is 39.8 Å². The summed E-state index contributed by atoms with van der Waals surface area (Å²) in [6, 6.07) is 5.45. The van der Waals surface area contributed by atoms with Crippen LogP contribution in [0.25, 0.3) is 0 Å². The second-order valence-corrected chi connectivity index (χ2v) is 6.32. The Hall–Kier alpha value is -1.46. The van der Waals surface area contributed by atoms with Crippen LogP contribution in [0.1, 0.15) is 45.7 Å². The van der Waals surface area contributed by atoms with Gasteiger partial charge in [0.05, 0.1) is 6.61 Å². The lowest BCUT2D eigenvalue weighted by Gasteiger charge is -2.22. The summed E-state index contributed by atoms with van der Waals surface area (Å²) in [6.07, 6.45) is 0.835. The quantitative estimate of drug-likeness (QED) is 0.628. The number of halogens is 1. The topological polar surface area (TPSA) is 41.6 Å². The number of ether oxygens (including phenoxy) is 1. The van der Waals surface area contributed by atoms with Crippen LogP contribution in [0.15, 0.2) is 24.3 Å². The molecule has 0 aliphatic rings. The van der Waals surface area contributed by atoms with Gasteiger partial charge < -0.3 is 9.64 Å². The molecule has 0 amide bonds. The number of likely N-dealkylation sites (N-methyl/N-ethyl adjacent to an activating group) is 1. The van der Waals surface area contributed by atoms with E-state index in [1.807, 2.05) is 0 Å². The largest absolute Gasteiger partial charge is 0.464 e. The Morgan fingerprint density at radius 1 is 1.21 bits per heavy atom. The molecule has 0 bridgehead atoms. The van der Waals surface area contributed by atoms with Crippen LogP contribution in [-0.4, -0.2) is 43.7 Å². The first-order valence-corrected chi connectivity index (χ1v) is 8.85. The summed E-state index contributed by atoms with van der Waals surface area (Å²) in [6.45, 7) is 12.3. The van der Waals surface area contributed by atoms with Crippen LogP contribution in [0.2, 0.25) is 0 Å². The molecule has 1 unspecified atom stereocenters. The molecule has 5 heteroatoms. The fourth-order valence-corrected chi connectivity index (χ4v) is 2.38. The van der Waals surface area contributed by atoms with Gasteiger partial charge >= 0.3 is 5.97 Å². The van der Waals surface area contributed by atoms with Crippen molar-refractivity contribution in [1.29, 1.82) is 0 Å². The van der Waals surface area contributed by atoms with Crippen LogP contribution in [-0.2, 0) is 9.53 Å². The van der Waals surface area contributed by atoms with E-state index < -0.39 is 6.04 Å². The zero-order valence-corrected chi connectivity index (χ0v) is 15.3. The zero-order valence-electron chi connectivity index (χ0n) is 15.3. The number of carbonyl (C=O) groups excluding carboxylic acids is 1. The molecule has 0 fully saturated rings.